The van der Waals surface area contributed by atoms with Crippen LogP contribution in [-0.2, 0) is 0 Å². The van der Waals surface area contributed by atoms with Gasteiger partial charge in [-0.1, -0.05) is 35.3 Å². The molecule has 0 aliphatic carbocycles. The number of carbonyl (C=O) groups excluding carboxylic acids is 1. The molecule has 2 rings (SSSR count). The fourth-order valence-electron chi connectivity index (χ4n) is 1.77. The van der Waals surface area contributed by atoms with E-state index in [0.29, 0.717) is 16.3 Å². The molecule has 0 aromatic heterocycles. The lowest BCUT2D eigenvalue weighted by atomic mass is 10.1. The van der Waals surface area contributed by atoms with Gasteiger partial charge in [-0.3, -0.25) is 14.9 Å². The van der Waals surface area contributed by atoms with Crippen LogP contribution in [0.1, 0.15) is 15.9 Å². The second kappa shape index (κ2) is 6.11. The van der Waals surface area contributed by atoms with Crippen LogP contribution < -0.4 is 5.32 Å². The molecular weight excluding hydrogens is 315 g/mol. The molecule has 1 amide bonds. The summed E-state index contributed by atoms with van der Waals surface area (Å²) in [6.45, 7) is 1.76. The average molecular weight is 325 g/mol. The third kappa shape index (κ3) is 3.15. The molecule has 0 spiro atoms. The first-order valence-electron chi connectivity index (χ1n) is 5.91. The highest BCUT2D eigenvalue weighted by molar-refractivity contribution is 6.36. The molecule has 7 heteroatoms. The Morgan fingerprint density at radius 2 is 1.86 bits per heavy atom. The summed E-state index contributed by atoms with van der Waals surface area (Å²) in [6, 6.07) is 9.15. The van der Waals surface area contributed by atoms with Gasteiger partial charge in [0.25, 0.3) is 11.6 Å². The number of halogens is 2. The van der Waals surface area contributed by atoms with Crippen molar-refractivity contribution in [3.05, 3.63) is 67.7 Å². The van der Waals surface area contributed by atoms with Crippen molar-refractivity contribution in [2.45, 2.75) is 6.92 Å². The summed E-state index contributed by atoms with van der Waals surface area (Å²) in [4.78, 5) is 22.4. The molecule has 108 valence electrons. The van der Waals surface area contributed by atoms with Crippen molar-refractivity contribution in [3.63, 3.8) is 0 Å². The molecule has 1 N–H and O–H groups in total. The smallest absolute Gasteiger partial charge is 0.288 e. The van der Waals surface area contributed by atoms with E-state index in [-0.39, 0.29) is 16.3 Å². The number of carbonyl (C=O) groups is 1. The van der Waals surface area contributed by atoms with E-state index in [1.54, 1.807) is 25.1 Å². The molecule has 0 atom stereocenters. The van der Waals surface area contributed by atoms with E-state index in [1.165, 1.54) is 18.2 Å². The highest BCUT2D eigenvalue weighted by Gasteiger charge is 2.20. The van der Waals surface area contributed by atoms with Crippen LogP contribution in [0, 0.1) is 17.0 Å². The summed E-state index contributed by atoms with van der Waals surface area (Å²) in [5.74, 6) is -0.533. The molecule has 0 aliphatic rings. The van der Waals surface area contributed by atoms with Gasteiger partial charge >= 0.3 is 0 Å². The van der Waals surface area contributed by atoms with Crippen LogP contribution in [0.3, 0.4) is 0 Å². The number of rotatable bonds is 3. The van der Waals surface area contributed by atoms with Gasteiger partial charge in [-0.25, -0.2) is 0 Å². The Labute approximate surface area is 130 Å². The quantitative estimate of drug-likeness (QED) is 0.669. The highest BCUT2D eigenvalue weighted by atomic mass is 35.5. The van der Waals surface area contributed by atoms with Gasteiger partial charge in [0.1, 0.15) is 5.02 Å². The Bertz CT molecular complexity index is 732. The predicted molar refractivity (Wildman–Crippen MR) is 82.2 cm³/mol. The lowest BCUT2D eigenvalue weighted by Crippen LogP contribution is -2.13. The average Bonchev–Trinajstić information content (AvgIpc) is 2.43. The number of nitrogens with one attached hydrogen (secondary N) is 1. The first-order chi connectivity index (χ1) is 9.91. The third-order valence-corrected chi connectivity index (χ3v) is 3.74. The van der Waals surface area contributed by atoms with Gasteiger partial charge in [-0.05, 0) is 30.7 Å². The molecule has 0 saturated carbocycles. The van der Waals surface area contributed by atoms with Crippen LogP contribution in [0.2, 0.25) is 10.0 Å². The first-order valence-corrected chi connectivity index (χ1v) is 6.66. The van der Waals surface area contributed by atoms with E-state index < -0.39 is 10.8 Å². The van der Waals surface area contributed by atoms with Crippen molar-refractivity contribution in [3.8, 4) is 0 Å². The highest BCUT2D eigenvalue weighted by Crippen LogP contribution is 2.29. The van der Waals surface area contributed by atoms with Crippen LogP contribution in [0.25, 0.3) is 0 Å². The van der Waals surface area contributed by atoms with Gasteiger partial charge in [0.05, 0.1) is 10.5 Å². The summed E-state index contributed by atoms with van der Waals surface area (Å²) < 4.78 is 0. The summed E-state index contributed by atoms with van der Waals surface area (Å²) in [5, 5.41) is 13.8. The van der Waals surface area contributed by atoms with Crippen molar-refractivity contribution in [2.24, 2.45) is 0 Å². The Hall–Kier alpha value is -2.11. The molecular formula is C14H10Cl2N2O3. The van der Waals surface area contributed by atoms with E-state index >= 15 is 0 Å². The summed E-state index contributed by atoms with van der Waals surface area (Å²) in [5.41, 5.74) is 0.946. The van der Waals surface area contributed by atoms with Crippen molar-refractivity contribution >= 4 is 40.5 Å². The molecule has 0 unspecified atom stereocenters. The molecule has 2 aromatic rings. The molecule has 5 nitrogen and oxygen atoms in total. The minimum atomic E-state index is -0.635. The molecule has 2 aromatic carbocycles. The Balaban J connectivity index is 2.35. The SMILES string of the molecule is Cc1c(Cl)cccc1NC(=O)c1cccc([N+](=O)[O-])c1Cl. The maximum Gasteiger partial charge on any atom is 0.288 e. The minimum Gasteiger partial charge on any atom is -0.322 e. The number of anilines is 1. The summed E-state index contributed by atoms with van der Waals surface area (Å²) >= 11 is 11.9. The second-order valence-electron chi connectivity index (χ2n) is 4.26. The zero-order valence-corrected chi connectivity index (χ0v) is 12.4. The fourth-order valence-corrected chi connectivity index (χ4v) is 2.22. The zero-order valence-electron chi connectivity index (χ0n) is 10.9. The second-order valence-corrected chi connectivity index (χ2v) is 5.05. The molecule has 0 aliphatic heterocycles. The van der Waals surface area contributed by atoms with Gasteiger partial charge in [0.15, 0.2) is 0 Å². The van der Waals surface area contributed by atoms with Crippen LogP contribution >= 0.6 is 23.2 Å². The lowest BCUT2D eigenvalue weighted by molar-refractivity contribution is -0.384. The van der Waals surface area contributed by atoms with Gasteiger partial charge in [-0.2, -0.15) is 0 Å². The number of hydrogen-bond acceptors (Lipinski definition) is 3. The lowest BCUT2D eigenvalue weighted by Gasteiger charge is -2.10. The number of amides is 1. The van der Waals surface area contributed by atoms with Gasteiger partial charge in [-0.15, -0.1) is 0 Å². The standard InChI is InChI=1S/C14H10Cl2N2O3/c1-8-10(15)5-3-6-11(8)17-14(19)9-4-2-7-12(13(9)16)18(20)21/h2-7H,1H3,(H,17,19). The maximum atomic E-state index is 12.2. The van der Waals surface area contributed by atoms with Crippen LogP contribution in [0.5, 0.6) is 0 Å². The zero-order chi connectivity index (χ0) is 15.6. The van der Waals surface area contributed by atoms with E-state index in [0.717, 1.165) is 0 Å². The summed E-state index contributed by atoms with van der Waals surface area (Å²) in [7, 11) is 0. The Kier molecular flexibility index (Phi) is 4.45. The monoisotopic (exact) mass is 324 g/mol. The largest absolute Gasteiger partial charge is 0.322 e. The van der Waals surface area contributed by atoms with Crippen molar-refractivity contribution in [1.29, 1.82) is 0 Å². The van der Waals surface area contributed by atoms with Crippen molar-refractivity contribution in [2.75, 3.05) is 5.32 Å². The molecule has 0 heterocycles. The predicted octanol–water partition coefficient (Wildman–Crippen LogP) is 4.46. The Morgan fingerprint density at radius 3 is 2.52 bits per heavy atom. The Morgan fingerprint density at radius 1 is 1.19 bits per heavy atom. The normalized spacial score (nSPS) is 10.2. The molecule has 0 radical (unpaired) electrons. The first kappa shape index (κ1) is 15.3. The molecule has 0 saturated heterocycles. The van der Waals surface area contributed by atoms with E-state index in [1.807, 2.05) is 0 Å². The molecule has 0 fully saturated rings. The molecule has 0 bridgehead atoms. The fraction of sp³-hybridized carbons (Fsp3) is 0.0714. The number of nitro benzene ring substituents is 1. The molecule has 21 heavy (non-hydrogen) atoms. The topological polar surface area (TPSA) is 72.2 Å². The number of benzene rings is 2. The third-order valence-electron chi connectivity index (χ3n) is 2.94. The van der Waals surface area contributed by atoms with Crippen LogP contribution in [-0.4, -0.2) is 10.8 Å². The summed E-state index contributed by atoms with van der Waals surface area (Å²) in [6.07, 6.45) is 0. The maximum absolute atomic E-state index is 12.2. The van der Waals surface area contributed by atoms with Gasteiger partial charge < -0.3 is 5.32 Å². The van der Waals surface area contributed by atoms with E-state index in [2.05, 4.69) is 5.32 Å². The van der Waals surface area contributed by atoms with Crippen LogP contribution in [0.4, 0.5) is 11.4 Å². The van der Waals surface area contributed by atoms with Gasteiger partial charge in [0, 0.05) is 16.8 Å². The minimum absolute atomic E-state index is 0.0326. The number of hydrogen-bond donors (Lipinski definition) is 1. The van der Waals surface area contributed by atoms with Crippen molar-refractivity contribution in [1.82, 2.24) is 0 Å². The number of nitro groups is 1. The van der Waals surface area contributed by atoms with Crippen LogP contribution in [0.15, 0.2) is 36.4 Å². The number of nitrogens with zero attached hydrogens (tertiary/aromatic N) is 1. The van der Waals surface area contributed by atoms with E-state index in [4.69, 9.17) is 23.2 Å². The van der Waals surface area contributed by atoms with Crippen molar-refractivity contribution < 1.29 is 9.72 Å². The van der Waals surface area contributed by atoms with Gasteiger partial charge in [0.2, 0.25) is 0 Å². The van der Waals surface area contributed by atoms with E-state index in [9.17, 15) is 14.9 Å².